The summed E-state index contributed by atoms with van der Waals surface area (Å²) in [5, 5.41) is 0. The third-order valence-electron chi connectivity index (χ3n) is 3.99. The monoisotopic (exact) mass is 278 g/mol. The summed E-state index contributed by atoms with van der Waals surface area (Å²) < 4.78 is 5.60. The van der Waals surface area contributed by atoms with E-state index in [4.69, 9.17) is 4.74 Å². The number of epoxide rings is 1. The summed E-state index contributed by atoms with van der Waals surface area (Å²) in [5.41, 5.74) is 2.98. The summed E-state index contributed by atoms with van der Waals surface area (Å²) in [7, 11) is 0. The first-order chi connectivity index (χ1) is 9.31. The molecule has 1 unspecified atom stereocenters. The molecule has 0 bridgehead atoms. The van der Waals surface area contributed by atoms with Crippen molar-refractivity contribution in [2.45, 2.75) is 84.8 Å². The standard InChI is InChI=1S/C18H30O2/c1-14(10-7-11-16(3)19)8-6-9-15(2)12-13-17-18(4,5)20-17/h9-10,17H,6-8,11-13H2,1-5H3. The number of ketones is 1. The minimum Gasteiger partial charge on any atom is -0.367 e. The van der Waals surface area contributed by atoms with Crippen LogP contribution in [0.2, 0.25) is 0 Å². The summed E-state index contributed by atoms with van der Waals surface area (Å²) >= 11 is 0. The van der Waals surface area contributed by atoms with E-state index in [9.17, 15) is 4.79 Å². The lowest BCUT2D eigenvalue weighted by Crippen LogP contribution is -2.02. The first-order valence-electron chi connectivity index (χ1n) is 7.80. The van der Waals surface area contributed by atoms with Gasteiger partial charge in [-0.3, -0.25) is 0 Å². The van der Waals surface area contributed by atoms with Crippen molar-refractivity contribution in [1.82, 2.24) is 0 Å². The Morgan fingerprint density at radius 1 is 1.00 bits per heavy atom. The summed E-state index contributed by atoms with van der Waals surface area (Å²) in [6.07, 6.45) is 11.0. The molecule has 2 nitrogen and oxygen atoms in total. The largest absolute Gasteiger partial charge is 0.367 e. The minimum absolute atomic E-state index is 0.121. The van der Waals surface area contributed by atoms with Gasteiger partial charge in [0.1, 0.15) is 5.78 Å². The fraction of sp³-hybridized carbons (Fsp3) is 0.722. The van der Waals surface area contributed by atoms with Crippen LogP contribution in [-0.2, 0) is 9.53 Å². The van der Waals surface area contributed by atoms with Gasteiger partial charge in [-0.1, -0.05) is 23.3 Å². The molecule has 114 valence electrons. The van der Waals surface area contributed by atoms with Crippen molar-refractivity contribution in [3.63, 3.8) is 0 Å². The fourth-order valence-corrected chi connectivity index (χ4v) is 2.37. The zero-order valence-corrected chi connectivity index (χ0v) is 13.8. The summed E-state index contributed by atoms with van der Waals surface area (Å²) in [6.45, 7) is 10.3. The van der Waals surface area contributed by atoms with Crippen LogP contribution < -0.4 is 0 Å². The number of hydrogen-bond donors (Lipinski definition) is 0. The van der Waals surface area contributed by atoms with Gasteiger partial charge >= 0.3 is 0 Å². The van der Waals surface area contributed by atoms with E-state index in [2.05, 4.69) is 39.8 Å². The first kappa shape index (κ1) is 17.2. The number of carbonyl (C=O) groups is 1. The minimum atomic E-state index is 0.121. The van der Waals surface area contributed by atoms with E-state index in [1.54, 1.807) is 6.92 Å². The topological polar surface area (TPSA) is 29.6 Å². The quantitative estimate of drug-likeness (QED) is 0.439. The molecule has 0 saturated carbocycles. The number of ether oxygens (including phenoxy) is 1. The molecule has 0 aliphatic carbocycles. The van der Waals surface area contributed by atoms with Gasteiger partial charge in [0.05, 0.1) is 11.7 Å². The van der Waals surface area contributed by atoms with Crippen LogP contribution in [0.1, 0.15) is 73.1 Å². The Labute approximate surface area is 124 Å². The highest BCUT2D eigenvalue weighted by Crippen LogP contribution is 2.38. The number of hydrogen-bond acceptors (Lipinski definition) is 2. The van der Waals surface area contributed by atoms with Gasteiger partial charge in [0.2, 0.25) is 0 Å². The molecule has 1 saturated heterocycles. The van der Waals surface area contributed by atoms with Crippen molar-refractivity contribution in [2.75, 3.05) is 0 Å². The zero-order chi connectivity index (χ0) is 15.2. The van der Waals surface area contributed by atoms with E-state index in [0.717, 1.165) is 32.1 Å². The second-order valence-corrected chi connectivity index (χ2v) is 6.63. The number of Topliss-reactive ketones (excluding diaryl/α,β-unsaturated/α-hetero) is 1. The second-order valence-electron chi connectivity index (χ2n) is 6.63. The average Bonchev–Trinajstić information content (AvgIpc) is 2.94. The smallest absolute Gasteiger partial charge is 0.130 e. The molecular formula is C18H30O2. The van der Waals surface area contributed by atoms with Crippen molar-refractivity contribution in [1.29, 1.82) is 0 Å². The summed E-state index contributed by atoms with van der Waals surface area (Å²) in [6, 6.07) is 0. The van der Waals surface area contributed by atoms with Gasteiger partial charge < -0.3 is 9.53 Å². The lowest BCUT2D eigenvalue weighted by molar-refractivity contribution is -0.116. The molecule has 1 heterocycles. The van der Waals surface area contributed by atoms with E-state index in [1.807, 2.05) is 0 Å². The van der Waals surface area contributed by atoms with Crippen molar-refractivity contribution in [3.8, 4) is 0 Å². The van der Waals surface area contributed by atoms with Crippen LogP contribution in [0.3, 0.4) is 0 Å². The molecule has 20 heavy (non-hydrogen) atoms. The van der Waals surface area contributed by atoms with Crippen LogP contribution in [0.4, 0.5) is 0 Å². The molecule has 0 spiro atoms. The molecule has 0 aromatic heterocycles. The predicted molar refractivity (Wildman–Crippen MR) is 84.8 cm³/mol. The van der Waals surface area contributed by atoms with Crippen LogP contribution in [0.15, 0.2) is 23.3 Å². The van der Waals surface area contributed by atoms with Gasteiger partial charge in [0, 0.05) is 6.42 Å². The molecule has 0 radical (unpaired) electrons. The van der Waals surface area contributed by atoms with Crippen molar-refractivity contribution >= 4 is 5.78 Å². The molecule has 0 aromatic rings. The second kappa shape index (κ2) is 7.78. The Hall–Kier alpha value is -0.890. The Bertz CT molecular complexity index is 388. The molecular weight excluding hydrogens is 248 g/mol. The molecule has 2 heteroatoms. The van der Waals surface area contributed by atoms with Gasteiger partial charge in [0.25, 0.3) is 0 Å². The Kier molecular flexibility index (Phi) is 6.67. The van der Waals surface area contributed by atoms with Crippen molar-refractivity contribution < 1.29 is 9.53 Å². The highest BCUT2D eigenvalue weighted by Gasteiger charge is 2.46. The van der Waals surface area contributed by atoms with Crippen LogP contribution in [-0.4, -0.2) is 17.5 Å². The highest BCUT2D eigenvalue weighted by atomic mass is 16.6. The van der Waals surface area contributed by atoms with Gasteiger partial charge in [0.15, 0.2) is 0 Å². The van der Waals surface area contributed by atoms with E-state index >= 15 is 0 Å². The molecule has 1 rings (SSSR count). The predicted octanol–water partition coefficient (Wildman–Crippen LogP) is 4.99. The van der Waals surface area contributed by atoms with Crippen LogP contribution in [0, 0.1) is 0 Å². The SMILES string of the molecule is CC(=O)CCC=C(C)CCC=C(C)CCC1OC1(C)C. The molecule has 1 atom stereocenters. The van der Waals surface area contributed by atoms with E-state index in [0.29, 0.717) is 12.5 Å². The van der Waals surface area contributed by atoms with Crippen LogP contribution >= 0.6 is 0 Å². The van der Waals surface area contributed by atoms with Gasteiger partial charge in [-0.05, 0) is 66.7 Å². The zero-order valence-electron chi connectivity index (χ0n) is 13.8. The van der Waals surface area contributed by atoms with Crippen molar-refractivity contribution in [2.24, 2.45) is 0 Å². The maximum atomic E-state index is 10.9. The Morgan fingerprint density at radius 2 is 1.50 bits per heavy atom. The molecule has 1 fully saturated rings. The van der Waals surface area contributed by atoms with Crippen LogP contribution in [0.25, 0.3) is 0 Å². The normalized spacial score (nSPS) is 21.9. The Balaban J connectivity index is 2.14. The third-order valence-corrected chi connectivity index (χ3v) is 3.99. The number of carbonyl (C=O) groups excluding carboxylic acids is 1. The summed E-state index contributed by atoms with van der Waals surface area (Å²) in [5.74, 6) is 0.273. The number of rotatable bonds is 9. The lowest BCUT2D eigenvalue weighted by Gasteiger charge is -2.02. The van der Waals surface area contributed by atoms with Gasteiger partial charge in [-0.25, -0.2) is 0 Å². The molecule has 0 aromatic carbocycles. The highest BCUT2D eigenvalue weighted by molar-refractivity contribution is 5.75. The maximum absolute atomic E-state index is 10.9. The van der Waals surface area contributed by atoms with E-state index < -0.39 is 0 Å². The molecule has 1 aliphatic heterocycles. The lowest BCUT2D eigenvalue weighted by atomic mass is 10.0. The van der Waals surface area contributed by atoms with Crippen LogP contribution in [0.5, 0.6) is 0 Å². The fourth-order valence-electron chi connectivity index (χ4n) is 2.37. The molecule has 0 N–H and O–H groups in total. The maximum Gasteiger partial charge on any atom is 0.130 e. The average molecular weight is 278 g/mol. The molecule has 1 aliphatic rings. The third kappa shape index (κ3) is 7.04. The first-order valence-corrected chi connectivity index (χ1v) is 7.80. The van der Waals surface area contributed by atoms with Crippen molar-refractivity contribution in [3.05, 3.63) is 23.3 Å². The van der Waals surface area contributed by atoms with Gasteiger partial charge in [-0.2, -0.15) is 0 Å². The molecule has 0 amide bonds. The Morgan fingerprint density at radius 3 is 2.00 bits per heavy atom. The van der Waals surface area contributed by atoms with Gasteiger partial charge in [-0.15, -0.1) is 0 Å². The van der Waals surface area contributed by atoms with E-state index in [-0.39, 0.29) is 11.4 Å². The van der Waals surface area contributed by atoms with E-state index in [1.165, 1.54) is 11.1 Å². The number of allylic oxidation sites excluding steroid dienone is 4. The summed E-state index contributed by atoms with van der Waals surface area (Å²) in [4.78, 5) is 10.9.